The molecule has 2 N–H and O–H groups in total. The van der Waals surface area contributed by atoms with Crippen LogP contribution >= 0.6 is 0 Å². The Morgan fingerprint density at radius 2 is 1.76 bits per heavy atom. The zero-order chi connectivity index (χ0) is 12.1. The fourth-order valence-electron chi connectivity index (χ4n) is 3.97. The molecule has 0 aromatic heterocycles. The van der Waals surface area contributed by atoms with Crippen LogP contribution in [0.15, 0.2) is 0 Å². The molecule has 1 heterocycles. The SMILES string of the molecule is CCC1CCCCCN1C1CCCCC1CN. The van der Waals surface area contributed by atoms with E-state index in [1.165, 1.54) is 64.3 Å². The fraction of sp³-hybridized carbons (Fsp3) is 1.00. The Morgan fingerprint density at radius 3 is 2.53 bits per heavy atom. The molecular weight excluding hydrogens is 208 g/mol. The van der Waals surface area contributed by atoms with E-state index in [1.807, 2.05) is 0 Å². The smallest absolute Gasteiger partial charge is 0.0138 e. The lowest BCUT2D eigenvalue weighted by atomic mass is 9.82. The summed E-state index contributed by atoms with van der Waals surface area (Å²) in [5, 5.41) is 0. The molecule has 100 valence electrons. The molecule has 0 bridgehead atoms. The van der Waals surface area contributed by atoms with E-state index in [2.05, 4.69) is 11.8 Å². The third kappa shape index (κ3) is 3.23. The summed E-state index contributed by atoms with van der Waals surface area (Å²) in [6.07, 6.45) is 12.6. The number of likely N-dealkylation sites (tertiary alicyclic amines) is 1. The Hall–Kier alpha value is -0.0800. The first-order valence-electron chi connectivity index (χ1n) is 7.82. The molecule has 2 aliphatic rings. The Labute approximate surface area is 107 Å². The summed E-state index contributed by atoms with van der Waals surface area (Å²) >= 11 is 0. The lowest BCUT2D eigenvalue weighted by Crippen LogP contribution is -2.49. The van der Waals surface area contributed by atoms with Crippen molar-refractivity contribution in [2.24, 2.45) is 11.7 Å². The molecule has 1 aliphatic carbocycles. The van der Waals surface area contributed by atoms with Gasteiger partial charge < -0.3 is 5.73 Å². The summed E-state index contributed by atoms with van der Waals surface area (Å²) in [7, 11) is 0. The highest BCUT2D eigenvalue weighted by atomic mass is 15.2. The molecule has 3 unspecified atom stereocenters. The van der Waals surface area contributed by atoms with E-state index in [0.29, 0.717) is 0 Å². The van der Waals surface area contributed by atoms with Gasteiger partial charge in [-0.3, -0.25) is 4.90 Å². The molecule has 0 aromatic rings. The molecular formula is C15H30N2. The molecule has 0 spiro atoms. The molecule has 2 fully saturated rings. The van der Waals surface area contributed by atoms with E-state index in [4.69, 9.17) is 5.73 Å². The van der Waals surface area contributed by atoms with Crippen molar-refractivity contribution in [3.05, 3.63) is 0 Å². The lowest BCUT2D eigenvalue weighted by Gasteiger charge is -2.43. The van der Waals surface area contributed by atoms with Crippen molar-refractivity contribution in [3.8, 4) is 0 Å². The van der Waals surface area contributed by atoms with E-state index in [0.717, 1.165) is 24.5 Å². The van der Waals surface area contributed by atoms with Gasteiger partial charge in [0.2, 0.25) is 0 Å². The maximum absolute atomic E-state index is 6.00. The molecule has 17 heavy (non-hydrogen) atoms. The van der Waals surface area contributed by atoms with Crippen LogP contribution in [0.4, 0.5) is 0 Å². The zero-order valence-corrected chi connectivity index (χ0v) is 11.5. The van der Waals surface area contributed by atoms with Gasteiger partial charge in [-0.2, -0.15) is 0 Å². The van der Waals surface area contributed by atoms with Crippen LogP contribution < -0.4 is 5.73 Å². The summed E-state index contributed by atoms with van der Waals surface area (Å²) in [5.74, 6) is 0.774. The van der Waals surface area contributed by atoms with Gasteiger partial charge in [0, 0.05) is 12.1 Å². The number of hydrogen-bond acceptors (Lipinski definition) is 2. The molecule has 0 radical (unpaired) electrons. The van der Waals surface area contributed by atoms with Crippen LogP contribution in [0, 0.1) is 5.92 Å². The summed E-state index contributed by atoms with van der Waals surface area (Å²) in [4.78, 5) is 2.85. The largest absolute Gasteiger partial charge is 0.330 e. The minimum Gasteiger partial charge on any atom is -0.330 e. The average Bonchev–Trinajstić information content (AvgIpc) is 2.63. The molecule has 1 saturated heterocycles. The maximum atomic E-state index is 6.00. The van der Waals surface area contributed by atoms with Gasteiger partial charge in [-0.15, -0.1) is 0 Å². The topological polar surface area (TPSA) is 29.3 Å². The second kappa shape index (κ2) is 6.75. The first kappa shape index (κ1) is 13.4. The molecule has 0 aromatic carbocycles. The van der Waals surface area contributed by atoms with Gasteiger partial charge in [-0.05, 0) is 51.1 Å². The number of nitrogens with two attached hydrogens (primary N) is 1. The van der Waals surface area contributed by atoms with Crippen LogP contribution in [0.1, 0.15) is 64.7 Å². The summed E-state index contributed by atoms with van der Waals surface area (Å²) < 4.78 is 0. The third-order valence-corrected chi connectivity index (χ3v) is 4.99. The van der Waals surface area contributed by atoms with Gasteiger partial charge in [-0.25, -0.2) is 0 Å². The zero-order valence-electron chi connectivity index (χ0n) is 11.5. The second-order valence-electron chi connectivity index (χ2n) is 6.00. The standard InChI is InChI=1S/C15H30N2/c1-2-14-9-4-3-7-11-17(14)15-10-6-5-8-13(15)12-16/h13-15H,2-12,16H2,1H3. The van der Waals surface area contributed by atoms with E-state index >= 15 is 0 Å². The Morgan fingerprint density at radius 1 is 1.00 bits per heavy atom. The number of hydrogen-bond donors (Lipinski definition) is 1. The van der Waals surface area contributed by atoms with Crippen molar-refractivity contribution in [1.82, 2.24) is 4.90 Å². The van der Waals surface area contributed by atoms with Gasteiger partial charge in [0.15, 0.2) is 0 Å². The van der Waals surface area contributed by atoms with Crippen molar-refractivity contribution in [3.63, 3.8) is 0 Å². The predicted molar refractivity (Wildman–Crippen MR) is 74.1 cm³/mol. The summed E-state index contributed by atoms with van der Waals surface area (Å²) in [6.45, 7) is 4.60. The highest BCUT2D eigenvalue weighted by Crippen LogP contribution is 2.32. The van der Waals surface area contributed by atoms with Crippen molar-refractivity contribution < 1.29 is 0 Å². The van der Waals surface area contributed by atoms with Gasteiger partial charge in [0.25, 0.3) is 0 Å². The van der Waals surface area contributed by atoms with Gasteiger partial charge in [0.05, 0.1) is 0 Å². The van der Waals surface area contributed by atoms with E-state index in [-0.39, 0.29) is 0 Å². The van der Waals surface area contributed by atoms with E-state index in [1.54, 1.807) is 0 Å². The van der Waals surface area contributed by atoms with Crippen LogP contribution in [0.5, 0.6) is 0 Å². The quantitative estimate of drug-likeness (QED) is 0.818. The van der Waals surface area contributed by atoms with E-state index < -0.39 is 0 Å². The van der Waals surface area contributed by atoms with Gasteiger partial charge in [0.1, 0.15) is 0 Å². The van der Waals surface area contributed by atoms with E-state index in [9.17, 15) is 0 Å². The van der Waals surface area contributed by atoms with Crippen LogP contribution in [0.3, 0.4) is 0 Å². The maximum Gasteiger partial charge on any atom is 0.0138 e. The first-order chi connectivity index (χ1) is 8.36. The monoisotopic (exact) mass is 238 g/mol. The second-order valence-corrected chi connectivity index (χ2v) is 6.00. The lowest BCUT2D eigenvalue weighted by molar-refractivity contribution is 0.0657. The van der Waals surface area contributed by atoms with Gasteiger partial charge in [-0.1, -0.05) is 32.6 Å². The Balaban J connectivity index is 2.04. The first-order valence-corrected chi connectivity index (χ1v) is 7.82. The third-order valence-electron chi connectivity index (χ3n) is 4.99. The van der Waals surface area contributed by atoms with Crippen molar-refractivity contribution in [2.45, 2.75) is 76.8 Å². The van der Waals surface area contributed by atoms with Crippen molar-refractivity contribution in [2.75, 3.05) is 13.1 Å². The summed E-state index contributed by atoms with van der Waals surface area (Å²) in [5.41, 5.74) is 6.00. The molecule has 2 rings (SSSR count). The Bertz CT molecular complexity index is 217. The van der Waals surface area contributed by atoms with Crippen molar-refractivity contribution in [1.29, 1.82) is 0 Å². The van der Waals surface area contributed by atoms with Crippen LogP contribution in [-0.2, 0) is 0 Å². The molecule has 1 aliphatic heterocycles. The number of rotatable bonds is 3. The average molecular weight is 238 g/mol. The predicted octanol–water partition coefficient (Wildman–Crippen LogP) is 3.16. The minimum atomic E-state index is 0.774. The molecule has 2 heteroatoms. The van der Waals surface area contributed by atoms with Crippen LogP contribution in [0.25, 0.3) is 0 Å². The fourth-order valence-corrected chi connectivity index (χ4v) is 3.97. The summed E-state index contributed by atoms with van der Waals surface area (Å²) in [6, 6.07) is 1.64. The van der Waals surface area contributed by atoms with Crippen LogP contribution in [-0.4, -0.2) is 30.1 Å². The highest BCUT2D eigenvalue weighted by molar-refractivity contribution is 4.88. The minimum absolute atomic E-state index is 0.774. The molecule has 0 amide bonds. The normalized spacial score (nSPS) is 36.7. The molecule has 1 saturated carbocycles. The van der Waals surface area contributed by atoms with Crippen molar-refractivity contribution >= 4 is 0 Å². The van der Waals surface area contributed by atoms with Gasteiger partial charge >= 0.3 is 0 Å². The number of nitrogens with zero attached hydrogens (tertiary/aromatic N) is 1. The van der Waals surface area contributed by atoms with Crippen LogP contribution in [0.2, 0.25) is 0 Å². The molecule has 3 atom stereocenters. The molecule has 2 nitrogen and oxygen atoms in total. The highest BCUT2D eigenvalue weighted by Gasteiger charge is 2.33. The Kier molecular flexibility index (Phi) is 5.30.